The van der Waals surface area contributed by atoms with E-state index in [4.69, 9.17) is 0 Å². The zero-order valence-corrected chi connectivity index (χ0v) is 15.8. The average molecular weight is 352 g/mol. The molecule has 1 amide bonds. The van der Waals surface area contributed by atoms with Gasteiger partial charge >= 0.3 is 0 Å². The number of aryl methyl sites for hydroxylation is 1. The maximum atomic E-state index is 13.1. The Bertz CT molecular complexity index is 724. The van der Waals surface area contributed by atoms with Crippen LogP contribution in [0.15, 0.2) is 36.4 Å². The molecule has 1 aliphatic heterocycles. The number of nitrogens with zero attached hydrogens (tertiary/aromatic N) is 4. The van der Waals surface area contributed by atoms with Gasteiger partial charge in [0.05, 0.1) is 0 Å². The molecule has 0 unspecified atom stereocenters. The molecule has 1 aliphatic rings. The Morgan fingerprint density at radius 2 is 1.77 bits per heavy atom. The molecule has 0 saturated carbocycles. The van der Waals surface area contributed by atoms with Crippen molar-refractivity contribution in [3.05, 3.63) is 53.3 Å². The first kappa shape index (κ1) is 18.4. The quantitative estimate of drug-likeness (QED) is 0.821. The average Bonchev–Trinajstić information content (AvgIpc) is 2.95. The van der Waals surface area contributed by atoms with E-state index in [0.29, 0.717) is 24.7 Å². The van der Waals surface area contributed by atoms with Gasteiger partial charge in [-0.3, -0.25) is 4.79 Å². The zero-order valence-electron chi connectivity index (χ0n) is 15.8. The molecule has 0 N–H and O–H groups in total. The van der Waals surface area contributed by atoms with E-state index in [9.17, 15) is 4.79 Å². The van der Waals surface area contributed by atoms with Crippen molar-refractivity contribution in [1.29, 1.82) is 0 Å². The molecule has 1 aromatic carbocycles. The second-order valence-corrected chi connectivity index (χ2v) is 6.90. The molecule has 1 fully saturated rings. The lowest BCUT2D eigenvalue weighted by atomic mass is 10.2. The second-order valence-electron chi connectivity index (χ2n) is 6.90. The summed E-state index contributed by atoms with van der Waals surface area (Å²) in [6.45, 7) is 7.13. The minimum Gasteiger partial charge on any atom is -0.341 e. The van der Waals surface area contributed by atoms with Crippen molar-refractivity contribution < 1.29 is 4.79 Å². The van der Waals surface area contributed by atoms with Crippen molar-refractivity contribution in [2.24, 2.45) is 0 Å². The molecule has 5 nitrogen and oxygen atoms in total. The molecule has 0 bridgehead atoms. The molecule has 2 aromatic rings. The fourth-order valence-corrected chi connectivity index (χ4v) is 3.37. The summed E-state index contributed by atoms with van der Waals surface area (Å²) in [4.78, 5) is 26.3. The zero-order chi connectivity index (χ0) is 18.4. The minimum absolute atomic E-state index is 0.0297. The molecule has 0 radical (unpaired) electrons. The molecule has 0 aliphatic carbocycles. The fraction of sp³-hybridized carbons (Fsp3) is 0.476. The summed E-state index contributed by atoms with van der Waals surface area (Å²) in [5.74, 6) is 0.670. The molecule has 3 rings (SSSR count). The Morgan fingerprint density at radius 3 is 2.42 bits per heavy atom. The van der Waals surface area contributed by atoms with Gasteiger partial charge in [0.25, 0.3) is 5.91 Å². The summed E-state index contributed by atoms with van der Waals surface area (Å²) < 4.78 is 0. The number of hydrogen-bond donors (Lipinski definition) is 0. The summed E-state index contributed by atoms with van der Waals surface area (Å²) in [6.07, 6.45) is 4.84. The highest BCUT2D eigenvalue weighted by Crippen LogP contribution is 2.18. The van der Waals surface area contributed by atoms with E-state index >= 15 is 0 Å². The van der Waals surface area contributed by atoms with Crippen molar-refractivity contribution in [3.63, 3.8) is 0 Å². The van der Waals surface area contributed by atoms with Crippen LogP contribution in [0.1, 0.15) is 54.4 Å². The summed E-state index contributed by atoms with van der Waals surface area (Å²) in [7, 11) is 0. The SMILES string of the molecule is CCN(Cc1ccccc1)C(=O)c1cc(C)nc(N2CCCCCC2)n1. The first-order chi connectivity index (χ1) is 12.7. The smallest absolute Gasteiger partial charge is 0.272 e. The predicted molar refractivity (Wildman–Crippen MR) is 104 cm³/mol. The number of carbonyl (C=O) groups is 1. The van der Waals surface area contributed by atoms with Crippen molar-refractivity contribution >= 4 is 11.9 Å². The van der Waals surface area contributed by atoms with Crippen LogP contribution in [0.4, 0.5) is 5.95 Å². The summed E-state index contributed by atoms with van der Waals surface area (Å²) in [5, 5.41) is 0. The topological polar surface area (TPSA) is 49.3 Å². The van der Waals surface area contributed by atoms with Crippen molar-refractivity contribution in [1.82, 2.24) is 14.9 Å². The summed E-state index contributed by atoms with van der Waals surface area (Å²) in [6, 6.07) is 11.9. The van der Waals surface area contributed by atoms with Crippen LogP contribution in [0, 0.1) is 6.92 Å². The number of amides is 1. The molecule has 0 atom stereocenters. The van der Waals surface area contributed by atoms with Gasteiger partial charge in [0, 0.05) is 31.9 Å². The molecule has 138 valence electrons. The van der Waals surface area contributed by atoms with Gasteiger partial charge in [-0.25, -0.2) is 9.97 Å². The van der Waals surface area contributed by atoms with Crippen LogP contribution in [0.5, 0.6) is 0 Å². The molecule has 0 spiro atoms. The van der Waals surface area contributed by atoms with Gasteiger partial charge in [-0.15, -0.1) is 0 Å². The maximum absolute atomic E-state index is 13.1. The maximum Gasteiger partial charge on any atom is 0.272 e. The standard InChI is InChI=1S/C21H28N4O/c1-3-24(16-18-11-7-6-8-12-18)20(26)19-15-17(2)22-21(23-19)25-13-9-4-5-10-14-25/h6-8,11-12,15H,3-5,9-10,13-14,16H2,1-2H3. The van der Waals surface area contributed by atoms with E-state index < -0.39 is 0 Å². The van der Waals surface area contributed by atoms with Crippen LogP contribution in [0.2, 0.25) is 0 Å². The van der Waals surface area contributed by atoms with Crippen LogP contribution in [-0.2, 0) is 6.54 Å². The van der Waals surface area contributed by atoms with E-state index in [1.807, 2.05) is 49.1 Å². The van der Waals surface area contributed by atoms with Crippen molar-refractivity contribution in [2.75, 3.05) is 24.5 Å². The van der Waals surface area contributed by atoms with E-state index in [1.165, 1.54) is 12.8 Å². The summed E-state index contributed by atoms with van der Waals surface area (Å²) >= 11 is 0. The van der Waals surface area contributed by atoms with Gasteiger partial charge in [-0.2, -0.15) is 0 Å². The first-order valence-corrected chi connectivity index (χ1v) is 9.61. The van der Waals surface area contributed by atoms with Crippen LogP contribution in [0.3, 0.4) is 0 Å². The normalized spacial score (nSPS) is 14.8. The highest BCUT2D eigenvalue weighted by molar-refractivity contribution is 5.92. The Kier molecular flexibility index (Phi) is 6.21. The van der Waals surface area contributed by atoms with E-state index in [-0.39, 0.29) is 5.91 Å². The Morgan fingerprint density at radius 1 is 1.08 bits per heavy atom. The van der Waals surface area contributed by atoms with Gasteiger partial charge in [0.1, 0.15) is 5.69 Å². The number of anilines is 1. The number of aromatic nitrogens is 2. The van der Waals surface area contributed by atoms with Crippen LogP contribution < -0.4 is 4.90 Å². The monoisotopic (exact) mass is 352 g/mol. The van der Waals surface area contributed by atoms with Crippen molar-refractivity contribution in [2.45, 2.75) is 46.1 Å². The highest BCUT2D eigenvalue weighted by atomic mass is 16.2. The highest BCUT2D eigenvalue weighted by Gasteiger charge is 2.20. The van der Waals surface area contributed by atoms with Gasteiger partial charge in [-0.05, 0) is 38.3 Å². The molecular weight excluding hydrogens is 324 g/mol. The first-order valence-electron chi connectivity index (χ1n) is 9.61. The number of rotatable bonds is 5. The molecule has 2 heterocycles. The molecular formula is C21H28N4O. The van der Waals surface area contributed by atoms with Crippen molar-refractivity contribution in [3.8, 4) is 0 Å². The lowest BCUT2D eigenvalue weighted by molar-refractivity contribution is 0.0746. The van der Waals surface area contributed by atoms with E-state index in [2.05, 4.69) is 14.9 Å². The number of carbonyl (C=O) groups excluding carboxylic acids is 1. The van der Waals surface area contributed by atoms with Gasteiger partial charge in [0.15, 0.2) is 0 Å². The molecule has 5 heteroatoms. The Balaban J connectivity index is 1.81. The third-order valence-electron chi connectivity index (χ3n) is 4.84. The predicted octanol–water partition coefficient (Wildman–Crippen LogP) is 3.83. The lowest BCUT2D eigenvalue weighted by Crippen LogP contribution is -2.32. The van der Waals surface area contributed by atoms with Crippen LogP contribution in [0.25, 0.3) is 0 Å². The van der Waals surface area contributed by atoms with Gasteiger partial charge in [0.2, 0.25) is 5.95 Å². The van der Waals surface area contributed by atoms with Crippen LogP contribution in [-0.4, -0.2) is 40.4 Å². The minimum atomic E-state index is -0.0297. The third kappa shape index (κ3) is 4.59. The Hall–Kier alpha value is -2.43. The Labute approximate surface area is 156 Å². The molecule has 26 heavy (non-hydrogen) atoms. The van der Waals surface area contributed by atoms with E-state index in [0.717, 1.165) is 37.2 Å². The second kappa shape index (κ2) is 8.79. The van der Waals surface area contributed by atoms with E-state index in [1.54, 1.807) is 6.07 Å². The largest absolute Gasteiger partial charge is 0.341 e. The summed E-state index contributed by atoms with van der Waals surface area (Å²) in [5.41, 5.74) is 2.47. The molecule has 1 saturated heterocycles. The van der Waals surface area contributed by atoms with Gasteiger partial charge < -0.3 is 9.80 Å². The number of benzene rings is 1. The van der Waals surface area contributed by atoms with Crippen LogP contribution >= 0.6 is 0 Å². The molecule has 1 aromatic heterocycles. The third-order valence-corrected chi connectivity index (χ3v) is 4.84. The lowest BCUT2D eigenvalue weighted by Gasteiger charge is -2.23. The van der Waals surface area contributed by atoms with Gasteiger partial charge in [-0.1, -0.05) is 43.2 Å². The number of hydrogen-bond acceptors (Lipinski definition) is 4. The fourth-order valence-electron chi connectivity index (χ4n) is 3.37.